The second-order valence-electron chi connectivity index (χ2n) is 6.15. The van der Waals surface area contributed by atoms with Gasteiger partial charge in [0.25, 0.3) is 0 Å². The smallest absolute Gasteiger partial charge is 0.225 e. The highest BCUT2D eigenvalue weighted by Crippen LogP contribution is 2.41. The van der Waals surface area contributed by atoms with E-state index in [0.29, 0.717) is 11.5 Å². The molecule has 0 saturated heterocycles. The number of nitrogens with zero attached hydrogens (tertiary/aromatic N) is 2. The Kier molecular flexibility index (Phi) is 4.24. The number of carbonyl (C=O) groups excluding carboxylic acids is 1. The van der Waals surface area contributed by atoms with E-state index in [-0.39, 0.29) is 17.9 Å². The van der Waals surface area contributed by atoms with Crippen LogP contribution in [0.3, 0.4) is 0 Å². The molecule has 0 aliphatic carbocycles. The van der Waals surface area contributed by atoms with Crippen molar-refractivity contribution in [2.45, 2.75) is 33.0 Å². The van der Waals surface area contributed by atoms with Gasteiger partial charge in [-0.2, -0.15) is 0 Å². The van der Waals surface area contributed by atoms with Gasteiger partial charge in [-0.15, -0.1) is 0 Å². The minimum atomic E-state index is -1.04. The normalized spacial score (nSPS) is 22.9. The van der Waals surface area contributed by atoms with Gasteiger partial charge in [-0.25, -0.2) is 9.37 Å². The Balaban J connectivity index is 2.06. The van der Waals surface area contributed by atoms with Gasteiger partial charge >= 0.3 is 0 Å². The highest BCUT2D eigenvalue weighted by atomic mass is 19.1. The van der Waals surface area contributed by atoms with Gasteiger partial charge in [0, 0.05) is 18.5 Å². The van der Waals surface area contributed by atoms with Crippen LogP contribution in [-0.2, 0) is 4.79 Å². The van der Waals surface area contributed by atoms with E-state index < -0.39 is 12.0 Å². The summed E-state index contributed by atoms with van der Waals surface area (Å²) in [6.07, 6.45) is -1.04. The van der Waals surface area contributed by atoms with Gasteiger partial charge in [0.05, 0.1) is 11.7 Å². The minimum Gasteiger partial charge on any atom is -0.373 e. The average molecular weight is 329 g/mol. The molecule has 126 valence electrons. The summed E-state index contributed by atoms with van der Waals surface area (Å²) in [6.45, 7) is 5.10. The molecule has 0 bridgehead atoms. The Morgan fingerprint density at radius 2 is 2.08 bits per heavy atom. The molecule has 3 rings (SSSR count). The van der Waals surface area contributed by atoms with E-state index in [0.717, 1.165) is 11.3 Å². The Labute approximate surface area is 140 Å². The van der Waals surface area contributed by atoms with Gasteiger partial charge in [0.1, 0.15) is 17.9 Å². The maximum Gasteiger partial charge on any atom is 0.225 e. The van der Waals surface area contributed by atoms with E-state index in [4.69, 9.17) is 0 Å². The first kappa shape index (κ1) is 16.4. The number of benzene rings is 1. The maximum absolute atomic E-state index is 13.7. The molecule has 6 heteroatoms. The number of halogens is 1. The highest BCUT2D eigenvalue weighted by molar-refractivity contribution is 5.93. The standard InChI is InChI=1S/C18H20FN3O2/c1-10-5-4-6-16(20-10)21-17-11(2)18(24)22(12(3)23)15-9-13(19)7-8-14(15)17/h4-9,11,17-18,24H,1-3H3,(H,20,21)/t11?,17?,18-/m0/s1. The molecule has 24 heavy (non-hydrogen) atoms. The van der Waals surface area contributed by atoms with Crippen LogP contribution in [0.25, 0.3) is 0 Å². The number of anilines is 2. The zero-order chi connectivity index (χ0) is 17.4. The molecular formula is C18H20FN3O2. The fourth-order valence-electron chi connectivity index (χ4n) is 3.17. The van der Waals surface area contributed by atoms with E-state index in [1.165, 1.54) is 24.0 Å². The summed E-state index contributed by atoms with van der Waals surface area (Å²) in [4.78, 5) is 17.6. The van der Waals surface area contributed by atoms with E-state index in [1.807, 2.05) is 32.0 Å². The molecule has 0 saturated carbocycles. The Bertz CT molecular complexity index is 781. The van der Waals surface area contributed by atoms with Crippen LogP contribution in [0.4, 0.5) is 15.9 Å². The minimum absolute atomic E-state index is 0.291. The molecule has 1 amide bonds. The molecule has 0 radical (unpaired) electrons. The van der Waals surface area contributed by atoms with Crippen molar-refractivity contribution in [3.63, 3.8) is 0 Å². The van der Waals surface area contributed by atoms with Crippen LogP contribution in [0.2, 0.25) is 0 Å². The lowest BCUT2D eigenvalue weighted by molar-refractivity contribution is -0.119. The number of fused-ring (bicyclic) bond motifs is 1. The first-order chi connectivity index (χ1) is 11.4. The predicted molar refractivity (Wildman–Crippen MR) is 90.1 cm³/mol. The summed E-state index contributed by atoms with van der Waals surface area (Å²) >= 11 is 0. The fraction of sp³-hybridized carbons (Fsp3) is 0.333. The van der Waals surface area contributed by atoms with E-state index in [2.05, 4.69) is 10.3 Å². The lowest BCUT2D eigenvalue weighted by Crippen LogP contribution is -2.50. The van der Waals surface area contributed by atoms with E-state index in [1.54, 1.807) is 6.07 Å². The van der Waals surface area contributed by atoms with Crippen LogP contribution in [0.5, 0.6) is 0 Å². The van der Waals surface area contributed by atoms with Crippen molar-refractivity contribution in [1.82, 2.24) is 4.98 Å². The number of aromatic nitrogens is 1. The summed E-state index contributed by atoms with van der Waals surface area (Å²) in [7, 11) is 0. The van der Waals surface area contributed by atoms with Crippen molar-refractivity contribution in [1.29, 1.82) is 0 Å². The third kappa shape index (κ3) is 2.85. The van der Waals surface area contributed by atoms with Crippen LogP contribution in [0.1, 0.15) is 31.1 Å². The van der Waals surface area contributed by atoms with Crippen molar-refractivity contribution >= 4 is 17.4 Å². The van der Waals surface area contributed by atoms with Crippen molar-refractivity contribution in [3.8, 4) is 0 Å². The van der Waals surface area contributed by atoms with Crippen molar-refractivity contribution in [3.05, 3.63) is 53.5 Å². The van der Waals surface area contributed by atoms with Gasteiger partial charge < -0.3 is 10.4 Å². The third-order valence-electron chi connectivity index (χ3n) is 4.38. The number of hydrogen-bond acceptors (Lipinski definition) is 4. The molecular weight excluding hydrogens is 309 g/mol. The number of aliphatic hydroxyl groups excluding tert-OH is 1. The number of pyridine rings is 1. The van der Waals surface area contributed by atoms with Crippen molar-refractivity contribution in [2.75, 3.05) is 10.2 Å². The number of aryl methyl sites for hydroxylation is 1. The molecule has 0 fully saturated rings. The summed E-state index contributed by atoms with van der Waals surface area (Å²) in [5.74, 6) is -0.401. The van der Waals surface area contributed by atoms with Crippen LogP contribution >= 0.6 is 0 Å². The zero-order valence-corrected chi connectivity index (χ0v) is 13.8. The molecule has 5 nitrogen and oxygen atoms in total. The predicted octanol–water partition coefficient (Wildman–Crippen LogP) is 3.00. The molecule has 0 spiro atoms. The van der Waals surface area contributed by atoms with Crippen LogP contribution in [0, 0.1) is 18.7 Å². The van der Waals surface area contributed by atoms with Gasteiger partial charge in [0.15, 0.2) is 0 Å². The van der Waals surface area contributed by atoms with Crippen LogP contribution in [-0.4, -0.2) is 22.2 Å². The quantitative estimate of drug-likeness (QED) is 0.889. The molecule has 2 heterocycles. The van der Waals surface area contributed by atoms with Gasteiger partial charge in [-0.1, -0.05) is 19.1 Å². The number of amides is 1. The van der Waals surface area contributed by atoms with Gasteiger partial charge in [-0.3, -0.25) is 9.69 Å². The highest BCUT2D eigenvalue weighted by Gasteiger charge is 2.39. The van der Waals surface area contributed by atoms with E-state index >= 15 is 0 Å². The molecule has 1 aromatic carbocycles. The number of hydrogen-bond donors (Lipinski definition) is 2. The summed E-state index contributed by atoms with van der Waals surface area (Å²) < 4.78 is 13.7. The number of nitrogens with one attached hydrogen (secondary N) is 1. The van der Waals surface area contributed by atoms with Crippen molar-refractivity contribution in [2.24, 2.45) is 5.92 Å². The first-order valence-corrected chi connectivity index (χ1v) is 7.86. The largest absolute Gasteiger partial charge is 0.373 e. The monoisotopic (exact) mass is 329 g/mol. The molecule has 3 atom stereocenters. The Morgan fingerprint density at radius 3 is 2.75 bits per heavy atom. The summed E-state index contributed by atoms with van der Waals surface area (Å²) in [6, 6.07) is 9.63. The number of aliphatic hydroxyl groups is 1. The Morgan fingerprint density at radius 1 is 1.33 bits per heavy atom. The topological polar surface area (TPSA) is 65.5 Å². The first-order valence-electron chi connectivity index (χ1n) is 7.86. The fourth-order valence-corrected chi connectivity index (χ4v) is 3.17. The molecule has 1 aliphatic heterocycles. The molecule has 2 N–H and O–H groups in total. The van der Waals surface area contributed by atoms with E-state index in [9.17, 15) is 14.3 Å². The Hall–Kier alpha value is -2.47. The average Bonchev–Trinajstić information content (AvgIpc) is 2.51. The lowest BCUT2D eigenvalue weighted by Gasteiger charge is -2.42. The summed E-state index contributed by atoms with van der Waals surface area (Å²) in [5.41, 5.74) is 2.01. The third-order valence-corrected chi connectivity index (χ3v) is 4.38. The van der Waals surface area contributed by atoms with Gasteiger partial charge in [-0.05, 0) is 36.8 Å². The second-order valence-corrected chi connectivity index (χ2v) is 6.15. The van der Waals surface area contributed by atoms with Crippen molar-refractivity contribution < 1.29 is 14.3 Å². The molecule has 2 aromatic rings. The summed E-state index contributed by atoms with van der Waals surface area (Å²) in [5, 5.41) is 13.9. The van der Waals surface area contributed by atoms with Crippen LogP contribution in [0.15, 0.2) is 36.4 Å². The van der Waals surface area contributed by atoms with Gasteiger partial charge in [0.2, 0.25) is 5.91 Å². The molecule has 1 aromatic heterocycles. The second kappa shape index (κ2) is 6.20. The molecule has 2 unspecified atom stereocenters. The SMILES string of the molecule is CC(=O)N1c2cc(F)ccc2C(Nc2cccc(C)n2)C(C)[C@@H]1O. The zero-order valence-electron chi connectivity index (χ0n) is 13.8. The maximum atomic E-state index is 13.7. The lowest BCUT2D eigenvalue weighted by atomic mass is 9.86. The molecule has 1 aliphatic rings. The number of rotatable bonds is 2. The van der Waals surface area contributed by atoms with Crippen LogP contribution < -0.4 is 10.2 Å². The number of carbonyl (C=O) groups is 1.